The topological polar surface area (TPSA) is 57.6 Å². The Hall–Kier alpha value is -3.24. The van der Waals surface area contributed by atoms with Crippen molar-refractivity contribution in [1.82, 2.24) is 4.98 Å². The highest BCUT2D eigenvalue weighted by Gasteiger charge is 2.08. The Labute approximate surface area is 168 Å². The van der Waals surface area contributed by atoms with Gasteiger partial charge in [0.1, 0.15) is 12.4 Å². The number of benzene rings is 3. The highest BCUT2D eigenvalue weighted by atomic mass is 35.5. The summed E-state index contributed by atoms with van der Waals surface area (Å²) < 4.78 is 5.79. The number of aryl methyl sites for hydroxylation is 1. The Bertz CT molecular complexity index is 1130. The molecule has 0 radical (unpaired) electrons. The van der Waals surface area contributed by atoms with Crippen molar-refractivity contribution in [2.75, 3.05) is 0 Å². The Kier molecular flexibility index (Phi) is 5.04. The summed E-state index contributed by atoms with van der Waals surface area (Å²) >= 11 is 5.89. The van der Waals surface area contributed by atoms with Gasteiger partial charge in [-0.3, -0.25) is 4.99 Å². The van der Waals surface area contributed by atoms with Crippen LogP contribution in [0.2, 0.25) is 5.02 Å². The standard InChI is InChI=1S/C23H19ClN2O2/c1-15-2-11-22-20(12-15)21(23(27)26-22)13-25-18-7-9-19(10-8-18)28-14-16-3-5-17(24)6-4-16/h2-13,26-27H,14H2,1H3. The molecule has 0 saturated carbocycles. The summed E-state index contributed by atoms with van der Waals surface area (Å²) in [6, 6.07) is 21.1. The van der Waals surface area contributed by atoms with Crippen molar-refractivity contribution < 1.29 is 9.84 Å². The zero-order chi connectivity index (χ0) is 19.5. The van der Waals surface area contributed by atoms with Gasteiger partial charge in [-0.15, -0.1) is 0 Å². The predicted octanol–water partition coefficient (Wildman–Crippen LogP) is 6.16. The van der Waals surface area contributed by atoms with Crippen LogP contribution in [-0.2, 0) is 6.61 Å². The van der Waals surface area contributed by atoms with Gasteiger partial charge in [0.05, 0.1) is 11.3 Å². The first-order valence-electron chi connectivity index (χ1n) is 8.91. The van der Waals surface area contributed by atoms with Crippen LogP contribution in [0.25, 0.3) is 10.9 Å². The lowest BCUT2D eigenvalue weighted by Crippen LogP contribution is -1.94. The van der Waals surface area contributed by atoms with Gasteiger partial charge < -0.3 is 14.8 Å². The minimum absolute atomic E-state index is 0.118. The van der Waals surface area contributed by atoms with Crippen molar-refractivity contribution in [1.29, 1.82) is 0 Å². The van der Waals surface area contributed by atoms with E-state index in [1.54, 1.807) is 6.21 Å². The quantitative estimate of drug-likeness (QED) is 0.400. The number of halogens is 1. The average molecular weight is 391 g/mol. The fourth-order valence-electron chi connectivity index (χ4n) is 2.96. The Morgan fingerprint density at radius 1 is 1.04 bits per heavy atom. The minimum atomic E-state index is 0.118. The highest BCUT2D eigenvalue weighted by molar-refractivity contribution is 6.30. The first-order valence-corrected chi connectivity index (χ1v) is 9.29. The fraction of sp³-hybridized carbons (Fsp3) is 0.0870. The summed E-state index contributed by atoms with van der Waals surface area (Å²) in [5.74, 6) is 0.881. The van der Waals surface area contributed by atoms with E-state index in [0.29, 0.717) is 17.2 Å². The molecule has 5 heteroatoms. The van der Waals surface area contributed by atoms with Gasteiger partial charge in [0.15, 0.2) is 5.88 Å². The molecule has 1 aromatic heterocycles. The number of nitrogens with one attached hydrogen (secondary N) is 1. The maximum Gasteiger partial charge on any atom is 0.198 e. The molecule has 0 spiro atoms. The number of H-pyrrole nitrogens is 1. The monoisotopic (exact) mass is 390 g/mol. The number of rotatable bonds is 5. The van der Waals surface area contributed by atoms with E-state index in [2.05, 4.69) is 9.98 Å². The van der Waals surface area contributed by atoms with Crippen molar-refractivity contribution in [3.05, 3.63) is 88.4 Å². The van der Waals surface area contributed by atoms with E-state index in [4.69, 9.17) is 16.3 Å². The second-order valence-electron chi connectivity index (χ2n) is 6.60. The van der Waals surface area contributed by atoms with Crippen molar-refractivity contribution in [2.45, 2.75) is 13.5 Å². The minimum Gasteiger partial charge on any atom is -0.494 e. The van der Waals surface area contributed by atoms with Crippen LogP contribution in [0.5, 0.6) is 11.6 Å². The molecule has 0 aliphatic heterocycles. The van der Waals surface area contributed by atoms with Gasteiger partial charge in [0.2, 0.25) is 0 Å². The fourth-order valence-corrected chi connectivity index (χ4v) is 3.08. The Morgan fingerprint density at radius 3 is 2.54 bits per heavy atom. The van der Waals surface area contributed by atoms with Gasteiger partial charge in [-0.2, -0.15) is 0 Å². The molecule has 3 aromatic carbocycles. The van der Waals surface area contributed by atoms with E-state index in [0.717, 1.165) is 33.5 Å². The Balaban J connectivity index is 1.46. The maximum absolute atomic E-state index is 10.2. The molecule has 4 rings (SSSR count). The third kappa shape index (κ3) is 4.02. The van der Waals surface area contributed by atoms with Gasteiger partial charge in [-0.1, -0.05) is 35.4 Å². The molecule has 2 N–H and O–H groups in total. The van der Waals surface area contributed by atoms with Crippen LogP contribution in [0.1, 0.15) is 16.7 Å². The number of aromatic nitrogens is 1. The molecule has 1 heterocycles. The molecule has 4 nitrogen and oxygen atoms in total. The molecular formula is C23H19ClN2O2. The van der Waals surface area contributed by atoms with Crippen LogP contribution in [0, 0.1) is 6.92 Å². The molecular weight excluding hydrogens is 372 g/mol. The van der Waals surface area contributed by atoms with Crippen LogP contribution in [0.3, 0.4) is 0 Å². The molecule has 0 bridgehead atoms. The van der Waals surface area contributed by atoms with Gasteiger partial charge in [-0.25, -0.2) is 0 Å². The van der Waals surface area contributed by atoms with E-state index in [9.17, 15) is 5.11 Å². The van der Waals surface area contributed by atoms with E-state index in [1.807, 2.05) is 73.7 Å². The molecule has 4 aromatic rings. The van der Waals surface area contributed by atoms with E-state index >= 15 is 0 Å². The normalized spacial score (nSPS) is 11.4. The van der Waals surface area contributed by atoms with Crippen molar-refractivity contribution in [3.8, 4) is 11.6 Å². The van der Waals surface area contributed by atoms with Crippen LogP contribution in [0.15, 0.2) is 71.7 Å². The summed E-state index contributed by atoms with van der Waals surface area (Å²) in [4.78, 5) is 7.45. The highest BCUT2D eigenvalue weighted by Crippen LogP contribution is 2.27. The SMILES string of the molecule is Cc1ccc2[nH]c(O)c(C=Nc3ccc(OCc4ccc(Cl)cc4)cc3)c2c1. The van der Waals surface area contributed by atoms with Crippen LogP contribution >= 0.6 is 11.6 Å². The zero-order valence-corrected chi connectivity index (χ0v) is 16.1. The third-order valence-electron chi connectivity index (χ3n) is 4.47. The van der Waals surface area contributed by atoms with Gasteiger partial charge in [0.25, 0.3) is 0 Å². The molecule has 0 saturated heterocycles. The summed E-state index contributed by atoms with van der Waals surface area (Å²) in [5, 5.41) is 11.8. The van der Waals surface area contributed by atoms with Gasteiger partial charge in [0, 0.05) is 22.1 Å². The summed E-state index contributed by atoms with van der Waals surface area (Å²) in [6.07, 6.45) is 1.68. The molecule has 0 unspecified atom stereocenters. The third-order valence-corrected chi connectivity index (χ3v) is 4.72. The summed E-state index contributed by atoms with van der Waals surface area (Å²) in [5.41, 5.74) is 4.53. The van der Waals surface area contributed by atoms with Gasteiger partial charge in [-0.05, 0) is 61.0 Å². The number of fused-ring (bicyclic) bond motifs is 1. The van der Waals surface area contributed by atoms with Gasteiger partial charge >= 0.3 is 0 Å². The number of aliphatic imine (C=N–C) groups is 1. The van der Waals surface area contributed by atoms with Crippen LogP contribution in [-0.4, -0.2) is 16.3 Å². The second kappa shape index (κ2) is 7.79. The number of aromatic amines is 1. The molecule has 0 amide bonds. The number of hydrogen-bond donors (Lipinski definition) is 2. The maximum atomic E-state index is 10.2. The predicted molar refractivity (Wildman–Crippen MR) is 114 cm³/mol. The van der Waals surface area contributed by atoms with Crippen LogP contribution < -0.4 is 4.74 Å². The average Bonchev–Trinajstić information content (AvgIpc) is 3.01. The second-order valence-corrected chi connectivity index (χ2v) is 7.04. The number of ether oxygens (including phenoxy) is 1. The number of hydrogen-bond acceptors (Lipinski definition) is 3. The first kappa shape index (κ1) is 18.1. The van der Waals surface area contributed by atoms with Crippen molar-refractivity contribution >= 4 is 34.4 Å². The molecule has 0 aliphatic rings. The Morgan fingerprint density at radius 2 is 1.79 bits per heavy atom. The molecule has 0 atom stereocenters. The molecule has 0 aliphatic carbocycles. The van der Waals surface area contributed by atoms with Crippen molar-refractivity contribution in [3.63, 3.8) is 0 Å². The molecule has 140 valence electrons. The van der Waals surface area contributed by atoms with E-state index < -0.39 is 0 Å². The number of nitrogens with zero attached hydrogens (tertiary/aromatic N) is 1. The smallest absolute Gasteiger partial charge is 0.198 e. The summed E-state index contributed by atoms with van der Waals surface area (Å²) in [6.45, 7) is 2.50. The lowest BCUT2D eigenvalue weighted by atomic mass is 10.1. The molecule has 28 heavy (non-hydrogen) atoms. The van der Waals surface area contributed by atoms with E-state index in [-0.39, 0.29) is 5.88 Å². The van der Waals surface area contributed by atoms with E-state index in [1.165, 1.54) is 0 Å². The van der Waals surface area contributed by atoms with Crippen LogP contribution in [0.4, 0.5) is 5.69 Å². The lowest BCUT2D eigenvalue weighted by Gasteiger charge is -2.06. The number of aromatic hydroxyl groups is 1. The summed E-state index contributed by atoms with van der Waals surface area (Å²) in [7, 11) is 0. The first-order chi connectivity index (χ1) is 13.6. The molecule has 0 fully saturated rings. The zero-order valence-electron chi connectivity index (χ0n) is 15.3. The van der Waals surface area contributed by atoms with Crippen molar-refractivity contribution in [2.24, 2.45) is 4.99 Å². The largest absolute Gasteiger partial charge is 0.494 e. The lowest BCUT2D eigenvalue weighted by molar-refractivity contribution is 0.306.